The van der Waals surface area contributed by atoms with Crippen LogP contribution in [0, 0.1) is 0 Å². The van der Waals surface area contributed by atoms with E-state index in [0.29, 0.717) is 6.42 Å². The molecule has 0 spiro atoms. The van der Waals surface area contributed by atoms with Crippen molar-refractivity contribution in [3.05, 3.63) is 28.5 Å². The lowest BCUT2D eigenvalue weighted by Crippen LogP contribution is -2.22. The van der Waals surface area contributed by atoms with Crippen molar-refractivity contribution in [3.8, 4) is 0 Å². The topological polar surface area (TPSA) is 39.2 Å². The second-order valence-electron chi connectivity index (χ2n) is 4.41. The summed E-state index contributed by atoms with van der Waals surface area (Å²) >= 11 is 5.66. The van der Waals surface area contributed by atoms with E-state index in [1.807, 2.05) is 6.92 Å². The first-order chi connectivity index (χ1) is 8.79. The summed E-state index contributed by atoms with van der Waals surface area (Å²) in [5, 5.41) is -0.442. The number of carbonyl (C=O) groups is 1. The number of alkyl halides is 3. The fourth-order valence-corrected chi connectivity index (χ4v) is 2.19. The van der Waals surface area contributed by atoms with Crippen LogP contribution in [0.2, 0.25) is 5.15 Å². The predicted molar refractivity (Wildman–Crippen MR) is 62.1 cm³/mol. The normalized spacial score (nSPS) is 23.6. The van der Waals surface area contributed by atoms with Crippen molar-refractivity contribution < 1.29 is 22.7 Å². The van der Waals surface area contributed by atoms with Crippen LogP contribution in [0.25, 0.3) is 0 Å². The SMILES string of the molecule is CC1CCC(C(=O)c2ccc(C(F)(F)F)nc2Cl)O1. The maximum atomic E-state index is 12.4. The summed E-state index contributed by atoms with van der Waals surface area (Å²) in [6.45, 7) is 1.83. The van der Waals surface area contributed by atoms with E-state index in [4.69, 9.17) is 16.3 Å². The lowest BCUT2D eigenvalue weighted by molar-refractivity contribution is -0.141. The van der Waals surface area contributed by atoms with E-state index >= 15 is 0 Å². The van der Waals surface area contributed by atoms with Gasteiger partial charge in [-0.05, 0) is 31.9 Å². The van der Waals surface area contributed by atoms with Gasteiger partial charge in [0.25, 0.3) is 0 Å². The van der Waals surface area contributed by atoms with Crippen LogP contribution in [-0.2, 0) is 10.9 Å². The van der Waals surface area contributed by atoms with Gasteiger partial charge in [0.05, 0.1) is 11.7 Å². The minimum atomic E-state index is -4.58. The Balaban J connectivity index is 2.24. The number of halogens is 4. The second kappa shape index (κ2) is 5.09. The molecule has 0 aromatic carbocycles. The number of ketones is 1. The van der Waals surface area contributed by atoms with Gasteiger partial charge in [-0.15, -0.1) is 0 Å². The molecule has 2 rings (SSSR count). The Labute approximate surface area is 112 Å². The summed E-state index contributed by atoms with van der Waals surface area (Å²) in [7, 11) is 0. The monoisotopic (exact) mass is 293 g/mol. The molecule has 0 saturated carbocycles. The Bertz CT molecular complexity index is 504. The summed E-state index contributed by atoms with van der Waals surface area (Å²) < 4.78 is 42.6. The number of nitrogens with zero attached hydrogens (tertiary/aromatic N) is 1. The minimum Gasteiger partial charge on any atom is -0.367 e. The average molecular weight is 294 g/mol. The summed E-state index contributed by atoms with van der Waals surface area (Å²) in [6, 6.07) is 1.80. The van der Waals surface area contributed by atoms with Crippen LogP contribution in [0.15, 0.2) is 12.1 Å². The average Bonchev–Trinajstić information content (AvgIpc) is 2.73. The molecule has 0 aliphatic carbocycles. The van der Waals surface area contributed by atoms with Crippen molar-refractivity contribution in [1.82, 2.24) is 4.98 Å². The highest BCUT2D eigenvalue weighted by atomic mass is 35.5. The molecule has 3 nitrogen and oxygen atoms in total. The minimum absolute atomic E-state index is 0.0323. The Hall–Kier alpha value is -1.14. The quantitative estimate of drug-likeness (QED) is 0.619. The van der Waals surface area contributed by atoms with Crippen molar-refractivity contribution in [1.29, 1.82) is 0 Å². The molecular weight excluding hydrogens is 283 g/mol. The van der Waals surface area contributed by atoms with E-state index in [9.17, 15) is 18.0 Å². The Morgan fingerprint density at radius 2 is 2.11 bits per heavy atom. The van der Waals surface area contributed by atoms with Crippen molar-refractivity contribution in [3.63, 3.8) is 0 Å². The molecule has 2 atom stereocenters. The van der Waals surface area contributed by atoms with Crippen LogP contribution in [0.3, 0.4) is 0 Å². The van der Waals surface area contributed by atoms with Gasteiger partial charge in [-0.1, -0.05) is 11.6 Å². The van der Waals surface area contributed by atoms with Crippen molar-refractivity contribution in [2.45, 2.75) is 38.1 Å². The molecule has 1 saturated heterocycles. The van der Waals surface area contributed by atoms with Gasteiger partial charge in [-0.2, -0.15) is 13.2 Å². The number of Topliss-reactive ketones (excluding diaryl/α,β-unsaturated/α-hetero) is 1. The third-order valence-corrected chi connectivity index (χ3v) is 3.22. The molecule has 7 heteroatoms. The predicted octanol–water partition coefficient (Wildman–Crippen LogP) is 3.50. The highest BCUT2D eigenvalue weighted by Gasteiger charge is 2.35. The van der Waals surface area contributed by atoms with E-state index in [0.717, 1.165) is 18.6 Å². The highest BCUT2D eigenvalue weighted by molar-refractivity contribution is 6.33. The molecule has 104 valence electrons. The molecule has 1 aliphatic rings. The second-order valence-corrected chi connectivity index (χ2v) is 4.77. The molecule has 0 bridgehead atoms. The zero-order valence-electron chi connectivity index (χ0n) is 10.00. The first kappa shape index (κ1) is 14.3. The molecule has 19 heavy (non-hydrogen) atoms. The van der Waals surface area contributed by atoms with Gasteiger partial charge in [-0.25, -0.2) is 4.98 Å². The number of rotatable bonds is 2. The lowest BCUT2D eigenvalue weighted by atomic mass is 10.1. The van der Waals surface area contributed by atoms with Crippen molar-refractivity contribution in [2.24, 2.45) is 0 Å². The van der Waals surface area contributed by atoms with E-state index in [2.05, 4.69) is 4.98 Å². The number of pyridine rings is 1. The number of ether oxygens (including phenoxy) is 1. The van der Waals surface area contributed by atoms with Crippen LogP contribution >= 0.6 is 11.6 Å². The van der Waals surface area contributed by atoms with E-state index in [-0.39, 0.29) is 11.7 Å². The Morgan fingerprint density at radius 3 is 2.58 bits per heavy atom. The molecule has 1 fully saturated rings. The van der Waals surface area contributed by atoms with Crippen molar-refractivity contribution in [2.75, 3.05) is 0 Å². The smallest absolute Gasteiger partial charge is 0.367 e. The van der Waals surface area contributed by atoms with E-state index in [1.165, 1.54) is 0 Å². The van der Waals surface area contributed by atoms with Gasteiger partial charge in [-0.3, -0.25) is 4.79 Å². The first-order valence-corrected chi connectivity index (χ1v) is 6.10. The highest BCUT2D eigenvalue weighted by Crippen LogP contribution is 2.31. The van der Waals surface area contributed by atoms with E-state index < -0.39 is 28.9 Å². The third-order valence-electron chi connectivity index (χ3n) is 2.93. The molecule has 0 amide bonds. The van der Waals surface area contributed by atoms with Crippen LogP contribution < -0.4 is 0 Å². The number of aromatic nitrogens is 1. The Morgan fingerprint density at radius 1 is 1.42 bits per heavy atom. The van der Waals surface area contributed by atoms with E-state index in [1.54, 1.807) is 0 Å². The molecular formula is C12H11ClF3NO2. The maximum absolute atomic E-state index is 12.4. The van der Waals surface area contributed by atoms with Crippen LogP contribution in [0.4, 0.5) is 13.2 Å². The zero-order chi connectivity index (χ0) is 14.2. The maximum Gasteiger partial charge on any atom is 0.433 e. The molecule has 0 radical (unpaired) electrons. The summed E-state index contributed by atoms with van der Waals surface area (Å²) in [4.78, 5) is 15.3. The third kappa shape index (κ3) is 3.06. The fraction of sp³-hybridized carbons (Fsp3) is 0.500. The number of hydrogen-bond donors (Lipinski definition) is 0. The standard InChI is InChI=1S/C12H11ClF3NO2/c1-6-2-4-8(19-6)10(18)7-3-5-9(12(14,15)16)17-11(7)13/h3,5-6,8H,2,4H2,1H3. The molecule has 1 aromatic rings. The molecule has 0 N–H and O–H groups in total. The van der Waals surface area contributed by atoms with Gasteiger partial charge < -0.3 is 4.74 Å². The Kier molecular flexibility index (Phi) is 3.82. The largest absolute Gasteiger partial charge is 0.433 e. The molecule has 2 heterocycles. The summed E-state index contributed by atoms with van der Waals surface area (Å²) in [5.41, 5.74) is -1.15. The first-order valence-electron chi connectivity index (χ1n) is 5.72. The molecule has 1 aliphatic heterocycles. The lowest BCUT2D eigenvalue weighted by Gasteiger charge is -2.12. The zero-order valence-corrected chi connectivity index (χ0v) is 10.8. The molecule has 2 unspecified atom stereocenters. The number of hydrogen-bond acceptors (Lipinski definition) is 3. The van der Waals surface area contributed by atoms with Crippen molar-refractivity contribution >= 4 is 17.4 Å². The van der Waals surface area contributed by atoms with Crippen LogP contribution in [-0.4, -0.2) is 23.0 Å². The van der Waals surface area contributed by atoms with Gasteiger partial charge >= 0.3 is 6.18 Å². The van der Waals surface area contributed by atoms with Gasteiger partial charge in [0.2, 0.25) is 0 Å². The van der Waals surface area contributed by atoms with Gasteiger partial charge in [0, 0.05) is 0 Å². The fourth-order valence-electron chi connectivity index (χ4n) is 1.94. The summed E-state index contributed by atoms with van der Waals surface area (Å²) in [6.07, 6.45) is -3.98. The summed E-state index contributed by atoms with van der Waals surface area (Å²) in [5.74, 6) is -0.421. The number of carbonyl (C=O) groups excluding carboxylic acids is 1. The van der Waals surface area contributed by atoms with Crippen LogP contribution in [0.5, 0.6) is 0 Å². The van der Waals surface area contributed by atoms with Crippen LogP contribution in [0.1, 0.15) is 35.8 Å². The van der Waals surface area contributed by atoms with Gasteiger partial charge in [0.1, 0.15) is 17.0 Å². The van der Waals surface area contributed by atoms with Gasteiger partial charge in [0.15, 0.2) is 5.78 Å². The molecule has 1 aromatic heterocycles.